The molecule has 0 radical (unpaired) electrons. The van der Waals surface area contributed by atoms with Crippen molar-refractivity contribution < 1.29 is 9.59 Å². The maximum atomic E-state index is 10.4. The monoisotopic (exact) mass is 242 g/mol. The number of carbonyl (C=O) groups excluding carboxylic acids is 2. The molecule has 4 nitrogen and oxygen atoms in total. The van der Waals surface area contributed by atoms with E-state index in [4.69, 9.17) is 0 Å². The Hall–Kier alpha value is -2.02. The molecule has 1 aliphatic carbocycles. The average molecular weight is 242 g/mol. The predicted molar refractivity (Wildman–Crippen MR) is 68.0 cm³/mol. The van der Waals surface area contributed by atoms with Crippen LogP contribution in [-0.2, 0) is 9.59 Å². The van der Waals surface area contributed by atoms with Gasteiger partial charge in [-0.2, -0.15) is 9.98 Å². The van der Waals surface area contributed by atoms with E-state index in [9.17, 15) is 9.59 Å². The molecule has 0 unspecified atom stereocenters. The number of benzene rings is 1. The van der Waals surface area contributed by atoms with Gasteiger partial charge in [-0.15, -0.1) is 0 Å². The Bertz CT molecular complexity index is 547. The van der Waals surface area contributed by atoms with E-state index < -0.39 is 0 Å². The minimum Gasteiger partial charge on any atom is -0.211 e. The molecule has 0 aromatic heterocycles. The molecular formula is C14H14N2O2. The lowest BCUT2D eigenvalue weighted by atomic mass is 9.92. The zero-order valence-electron chi connectivity index (χ0n) is 10.3. The summed E-state index contributed by atoms with van der Waals surface area (Å²) in [5.74, 6) is 0.479. The normalized spacial score (nSPS) is 14.9. The minimum atomic E-state index is 0.479. The highest BCUT2D eigenvalue weighted by Gasteiger charge is 2.20. The van der Waals surface area contributed by atoms with Gasteiger partial charge in [-0.05, 0) is 48.9 Å². The van der Waals surface area contributed by atoms with E-state index in [0.717, 1.165) is 24.0 Å². The van der Waals surface area contributed by atoms with Gasteiger partial charge in [0.1, 0.15) is 0 Å². The van der Waals surface area contributed by atoms with Gasteiger partial charge in [-0.1, -0.05) is 12.8 Å². The van der Waals surface area contributed by atoms with Gasteiger partial charge >= 0.3 is 0 Å². The van der Waals surface area contributed by atoms with E-state index in [0.29, 0.717) is 17.3 Å². The Balaban J connectivity index is 2.54. The van der Waals surface area contributed by atoms with Gasteiger partial charge in [0.15, 0.2) is 0 Å². The lowest BCUT2D eigenvalue weighted by Crippen LogP contribution is -1.96. The van der Waals surface area contributed by atoms with Crippen molar-refractivity contribution in [3.05, 3.63) is 23.3 Å². The van der Waals surface area contributed by atoms with Crippen LogP contribution < -0.4 is 0 Å². The van der Waals surface area contributed by atoms with E-state index in [2.05, 4.69) is 9.98 Å². The second-order valence-electron chi connectivity index (χ2n) is 4.57. The van der Waals surface area contributed by atoms with Gasteiger partial charge in [0.05, 0.1) is 11.4 Å². The third-order valence-corrected chi connectivity index (χ3v) is 3.54. The van der Waals surface area contributed by atoms with E-state index >= 15 is 0 Å². The van der Waals surface area contributed by atoms with Crippen LogP contribution in [0.15, 0.2) is 22.1 Å². The SMILES string of the molecule is Cc1c(N=C=O)cc(N=C=O)cc1C1CCCC1. The van der Waals surface area contributed by atoms with Crippen LogP contribution in [0, 0.1) is 6.92 Å². The lowest BCUT2D eigenvalue weighted by molar-refractivity contribution is 0.565. The Morgan fingerprint density at radius 3 is 2.39 bits per heavy atom. The van der Waals surface area contributed by atoms with Crippen LogP contribution in [0.2, 0.25) is 0 Å². The topological polar surface area (TPSA) is 58.9 Å². The van der Waals surface area contributed by atoms with Crippen LogP contribution >= 0.6 is 0 Å². The first-order valence-corrected chi connectivity index (χ1v) is 6.06. The van der Waals surface area contributed by atoms with Crippen LogP contribution in [-0.4, -0.2) is 12.2 Å². The molecule has 0 amide bonds. The van der Waals surface area contributed by atoms with E-state index in [1.165, 1.54) is 18.9 Å². The molecule has 0 atom stereocenters. The molecule has 1 fully saturated rings. The molecule has 1 aromatic rings. The molecule has 1 saturated carbocycles. The van der Waals surface area contributed by atoms with Crippen LogP contribution in [0.25, 0.3) is 0 Å². The molecule has 0 bridgehead atoms. The Kier molecular flexibility index (Phi) is 3.83. The van der Waals surface area contributed by atoms with E-state index in [-0.39, 0.29) is 0 Å². The number of aliphatic imine (C=N–C) groups is 2. The van der Waals surface area contributed by atoms with E-state index in [1.54, 1.807) is 12.1 Å². The van der Waals surface area contributed by atoms with Gasteiger partial charge in [-0.3, -0.25) is 0 Å². The summed E-state index contributed by atoms with van der Waals surface area (Å²) in [6.07, 6.45) is 7.79. The summed E-state index contributed by atoms with van der Waals surface area (Å²) in [7, 11) is 0. The maximum Gasteiger partial charge on any atom is 0.240 e. The maximum absolute atomic E-state index is 10.4. The van der Waals surface area contributed by atoms with Crippen molar-refractivity contribution in [2.45, 2.75) is 38.5 Å². The van der Waals surface area contributed by atoms with Gasteiger partial charge in [0, 0.05) is 0 Å². The van der Waals surface area contributed by atoms with Crippen molar-refractivity contribution in [2.24, 2.45) is 9.98 Å². The molecule has 18 heavy (non-hydrogen) atoms. The van der Waals surface area contributed by atoms with Crippen LogP contribution in [0.1, 0.15) is 42.7 Å². The quantitative estimate of drug-likeness (QED) is 0.600. The third kappa shape index (κ3) is 2.45. The molecule has 0 saturated heterocycles. The van der Waals surface area contributed by atoms with Crippen molar-refractivity contribution in [3.8, 4) is 0 Å². The molecule has 92 valence electrons. The van der Waals surface area contributed by atoms with Crippen molar-refractivity contribution in [1.82, 2.24) is 0 Å². The fourth-order valence-electron chi connectivity index (χ4n) is 2.65. The van der Waals surface area contributed by atoms with Crippen LogP contribution in [0.4, 0.5) is 11.4 Å². The molecular weight excluding hydrogens is 228 g/mol. The molecule has 0 N–H and O–H groups in total. The van der Waals surface area contributed by atoms with Crippen molar-refractivity contribution >= 4 is 23.5 Å². The first-order chi connectivity index (χ1) is 8.76. The number of hydrogen-bond donors (Lipinski definition) is 0. The molecule has 1 aromatic carbocycles. The highest BCUT2D eigenvalue weighted by Crippen LogP contribution is 2.40. The van der Waals surface area contributed by atoms with Gasteiger partial charge in [0.2, 0.25) is 12.2 Å². The molecule has 1 aliphatic rings. The van der Waals surface area contributed by atoms with Crippen LogP contribution in [0.5, 0.6) is 0 Å². The highest BCUT2D eigenvalue weighted by atomic mass is 16.1. The highest BCUT2D eigenvalue weighted by molar-refractivity contribution is 5.65. The second kappa shape index (κ2) is 5.54. The number of rotatable bonds is 3. The largest absolute Gasteiger partial charge is 0.240 e. The average Bonchev–Trinajstić information content (AvgIpc) is 2.87. The summed E-state index contributed by atoms with van der Waals surface area (Å²) in [4.78, 5) is 28.1. The van der Waals surface area contributed by atoms with Crippen molar-refractivity contribution in [1.29, 1.82) is 0 Å². The summed E-state index contributed by atoms with van der Waals surface area (Å²) in [6, 6.07) is 3.52. The zero-order valence-corrected chi connectivity index (χ0v) is 10.3. The van der Waals surface area contributed by atoms with Gasteiger partial charge in [0.25, 0.3) is 0 Å². The van der Waals surface area contributed by atoms with Crippen molar-refractivity contribution in [3.63, 3.8) is 0 Å². The Morgan fingerprint density at radius 2 is 1.78 bits per heavy atom. The zero-order chi connectivity index (χ0) is 13.0. The summed E-state index contributed by atoms with van der Waals surface area (Å²) in [6.45, 7) is 1.94. The van der Waals surface area contributed by atoms with E-state index in [1.807, 2.05) is 13.0 Å². The molecule has 4 heteroatoms. The standard InChI is InChI=1S/C14H14N2O2/c1-10-13(11-4-2-3-5-11)6-12(15-8-17)7-14(10)16-9-18/h6-7,11H,2-5H2,1H3. The number of hydrogen-bond acceptors (Lipinski definition) is 4. The fourth-order valence-corrected chi connectivity index (χ4v) is 2.65. The minimum absolute atomic E-state index is 0.479. The second-order valence-corrected chi connectivity index (χ2v) is 4.57. The summed E-state index contributed by atoms with van der Waals surface area (Å²) in [5, 5.41) is 0. The first kappa shape index (κ1) is 12.4. The van der Waals surface area contributed by atoms with Crippen molar-refractivity contribution in [2.75, 3.05) is 0 Å². The number of nitrogens with zero attached hydrogens (tertiary/aromatic N) is 2. The fraction of sp³-hybridized carbons (Fsp3) is 0.429. The molecule has 0 aliphatic heterocycles. The first-order valence-electron chi connectivity index (χ1n) is 6.06. The predicted octanol–water partition coefficient (Wildman–Crippen LogP) is 3.59. The van der Waals surface area contributed by atoms with Gasteiger partial charge < -0.3 is 0 Å². The summed E-state index contributed by atoms with van der Waals surface area (Å²) < 4.78 is 0. The lowest BCUT2D eigenvalue weighted by Gasteiger charge is -2.14. The van der Waals surface area contributed by atoms with Crippen LogP contribution in [0.3, 0.4) is 0 Å². The smallest absolute Gasteiger partial charge is 0.211 e. The summed E-state index contributed by atoms with van der Waals surface area (Å²) >= 11 is 0. The Morgan fingerprint density at radius 1 is 1.11 bits per heavy atom. The third-order valence-electron chi connectivity index (χ3n) is 3.54. The summed E-state index contributed by atoms with van der Waals surface area (Å²) in [5.41, 5.74) is 3.17. The number of isocyanates is 2. The molecule has 2 rings (SSSR count). The molecule has 0 spiro atoms. The molecule has 0 heterocycles. The Labute approximate surface area is 105 Å². The van der Waals surface area contributed by atoms with Gasteiger partial charge in [-0.25, -0.2) is 9.59 Å².